The summed E-state index contributed by atoms with van der Waals surface area (Å²) in [6, 6.07) is 12.4. The predicted octanol–water partition coefficient (Wildman–Crippen LogP) is 3.99. The smallest absolute Gasteiger partial charge is 0.251 e. The molecule has 2 bridgehead atoms. The first kappa shape index (κ1) is 29.9. The molecule has 9 heteroatoms. The lowest BCUT2D eigenvalue weighted by Gasteiger charge is -2.35. The third-order valence-corrected chi connectivity index (χ3v) is 7.71. The molecule has 3 amide bonds. The van der Waals surface area contributed by atoms with Crippen molar-refractivity contribution in [2.45, 2.75) is 58.3 Å². The number of carbonyl (C=O) groups excluding carboxylic acids is 3. The van der Waals surface area contributed by atoms with E-state index in [2.05, 4.69) is 20.9 Å². The third-order valence-electron chi connectivity index (χ3n) is 7.71. The minimum atomic E-state index is -1.08. The van der Waals surface area contributed by atoms with E-state index in [9.17, 15) is 14.4 Å². The summed E-state index contributed by atoms with van der Waals surface area (Å²) in [5.41, 5.74) is 2.33. The number of nitrogens with one attached hydrogen (secondary N) is 4. The van der Waals surface area contributed by atoms with Crippen LogP contribution >= 0.6 is 0 Å². The van der Waals surface area contributed by atoms with E-state index in [1.165, 1.54) is 0 Å². The van der Waals surface area contributed by atoms with Crippen molar-refractivity contribution in [3.63, 3.8) is 0 Å². The number of para-hydroxylation sites is 1. The Hall–Kier alpha value is -4.11. The van der Waals surface area contributed by atoms with Gasteiger partial charge in [-0.25, -0.2) is 0 Å². The number of likely N-dealkylation sites (N-methyl/N-ethyl adjacent to an activating group) is 1. The van der Waals surface area contributed by atoms with Crippen molar-refractivity contribution in [3.05, 3.63) is 72.1 Å². The minimum Gasteiger partial charge on any atom is -0.487 e. The van der Waals surface area contributed by atoms with Crippen molar-refractivity contribution < 1.29 is 19.1 Å². The van der Waals surface area contributed by atoms with Gasteiger partial charge in [0.05, 0.1) is 6.04 Å². The van der Waals surface area contributed by atoms with Gasteiger partial charge in [-0.15, -0.1) is 0 Å². The van der Waals surface area contributed by atoms with Crippen LogP contribution in [0.1, 0.15) is 51.3 Å². The summed E-state index contributed by atoms with van der Waals surface area (Å²) in [7, 11) is 3.71. The molecule has 2 aliphatic rings. The molecule has 0 saturated heterocycles. The second kappa shape index (κ2) is 13.0. The number of benzene rings is 2. The highest BCUT2D eigenvalue weighted by atomic mass is 16.5. The van der Waals surface area contributed by atoms with Crippen molar-refractivity contribution in [3.8, 4) is 5.75 Å². The van der Waals surface area contributed by atoms with Gasteiger partial charge in [0.25, 0.3) is 5.91 Å². The molecule has 0 spiro atoms. The number of amides is 3. The normalized spacial score (nSPS) is 21.2. The number of hydrogen-bond donors (Lipinski definition) is 4. The number of aromatic amines is 1. The molecule has 3 heterocycles. The lowest BCUT2D eigenvalue weighted by atomic mass is 9.94. The Bertz CT molecular complexity index is 1390. The number of aromatic nitrogens is 1. The lowest BCUT2D eigenvalue weighted by molar-refractivity contribution is -0.136. The van der Waals surface area contributed by atoms with Gasteiger partial charge in [0, 0.05) is 28.9 Å². The molecule has 5 atom stereocenters. The minimum absolute atomic E-state index is 0.0501. The van der Waals surface area contributed by atoms with E-state index in [1.807, 2.05) is 95.2 Å². The summed E-state index contributed by atoms with van der Waals surface area (Å²) >= 11 is 0. The van der Waals surface area contributed by atoms with Gasteiger partial charge < -0.3 is 25.7 Å². The van der Waals surface area contributed by atoms with Crippen molar-refractivity contribution in [1.82, 2.24) is 25.8 Å². The lowest BCUT2D eigenvalue weighted by Crippen LogP contribution is -2.61. The van der Waals surface area contributed by atoms with E-state index in [4.69, 9.17) is 4.74 Å². The van der Waals surface area contributed by atoms with Crippen LogP contribution in [0.5, 0.6) is 5.75 Å². The van der Waals surface area contributed by atoms with Crippen LogP contribution in [0.2, 0.25) is 0 Å². The third kappa shape index (κ3) is 6.79. The van der Waals surface area contributed by atoms with Crippen LogP contribution in [-0.4, -0.2) is 59.9 Å². The van der Waals surface area contributed by atoms with Gasteiger partial charge in [-0.3, -0.25) is 19.3 Å². The highest BCUT2D eigenvalue weighted by Crippen LogP contribution is 2.26. The Kier molecular flexibility index (Phi) is 9.50. The van der Waals surface area contributed by atoms with Crippen molar-refractivity contribution in [2.75, 3.05) is 14.1 Å². The first-order valence-electron chi connectivity index (χ1n) is 14.2. The van der Waals surface area contributed by atoms with Crippen LogP contribution in [0.25, 0.3) is 17.0 Å². The summed E-state index contributed by atoms with van der Waals surface area (Å²) in [4.78, 5) is 46.5. The van der Waals surface area contributed by atoms with Gasteiger partial charge in [0.2, 0.25) is 11.8 Å². The standard InChI is InChI=1S/C32H41N5O4/c1-7-20(4)28(37(5)6)32(40)36-27-29(19(2)3)41-22-14-12-21(13-15-22)16-17-33-30(38)26(35-31(27)39)24-18-34-25-11-9-8-10-23(24)25/h8-20,26-29,34H,7H2,1-6H3,(H,33,38)(H,35,39)(H,36,40). The highest BCUT2D eigenvalue weighted by molar-refractivity contribution is 5.97. The van der Waals surface area contributed by atoms with Crippen LogP contribution in [-0.2, 0) is 14.4 Å². The molecule has 1 aromatic heterocycles. The van der Waals surface area contributed by atoms with Gasteiger partial charge in [-0.2, -0.15) is 0 Å². The summed E-state index contributed by atoms with van der Waals surface area (Å²) in [6.45, 7) is 7.93. The monoisotopic (exact) mass is 559 g/mol. The SMILES string of the molecule is CCC(C)C(C(=O)NC1C(=O)NC(c2c[nH]c3ccccc23)C(=O)NC=Cc2ccc(cc2)OC1C(C)C)N(C)C. The molecule has 0 saturated carbocycles. The topological polar surface area (TPSA) is 116 Å². The van der Waals surface area contributed by atoms with Crippen LogP contribution < -0.4 is 20.7 Å². The molecular formula is C32H41N5O4. The van der Waals surface area contributed by atoms with E-state index in [1.54, 1.807) is 18.5 Å². The summed E-state index contributed by atoms with van der Waals surface area (Å²) in [6.07, 6.45) is 5.15. The predicted molar refractivity (Wildman–Crippen MR) is 161 cm³/mol. The average molecular weight is 560 g/mol. The zero-order valence-electron chi connectivity index (χ0n) is 24.6. The number of rotatable bonds is 7. The zero-order valence-corrected chi connectivity index (χ0v) is 24.6. The van der Waals surface area contributed by atoms with Gasteiger partial charge in [-0.1, -0.05) is 64.4 Å². The Labute approximate surface area is 241 Å². The first-order valence-corrected chi connectivity index (χ1v) is 14.2. The fraction of sp³-hybridized carbons (Fsp3) is 0.406. The van der Waals surface area contributed by atoms with Gasteiger partial charge in [0.15, 0.2) is 0 Å². The van der Waals surface area contributed by atoms with Crippen molar-refractivity contribution in [1.29, 1.82) is 0 Å². The largest absolute Gasteiger partial charge is 0.487 e. The molecule has 41 heavy (non-hydrogen) atoms. The fourth-order valence-corrected chi connectivity index (χ4v) is 5.32. The van der Waals surface area contributed by atoms with Crippen LogP contribution in [0.4, 0.5) is 0 Å². The molecule has 5 rings (SSSR count). The molecule has 2 aliphatic heterocycles. The van der Waals surface area contributed by atoms with Gasteiger partial charge in [-0.05, 0) is 55.8 Å². The van der Waals surface area contributed by atoms with Gasteiger partial charge in [0.1, 0.15) is 23.9 Å². The maximum absolute atomic E-state index is 14.2. The number of nitrogens with zero attached hydrogens (tertiary/aromatic N) is 1. The van der Waals surface area contributed by atoms with Gasteiger partial charge >= 0.3 is 0 Å². The number of ether oxygens (including phenoxy) is 1. The Morgan fingerprint density at radius 1 is 1.02 bits per heavy atom. The van der Waals surface area contributed by atoms with Crippen LogP contribution in [0.3, 0.4) is 0 Å². The number of hydrogen-bond acceptors (Lipinski definition) is 5. The van der Waals surface area contributed by atoms with E-state index in [-0.39, 0.29) is 17.7 Å². The summed E-state index contributed by atoms with van der Waals surface area (Å²) in [5, 5.41) is 9.59. The molecule has 0 radical (unpaired) electrons. The second-order valence-corrected chi connectivity index (χ2v) is 11.2. The van der Waals surface area contributed by atoms with Crippen molar-refractivity contribution >= 4 is 34.7 Å². The molecule has 9 nitrogen and oxygen atoms in total. The zero-order chi connectivity index (χ0) is 29.7. The van der Waals surface area contributed by atoms with Crippen LogP contribution in [0, 0.1) is 11.8 Å². The highest BCUT2D eigenvalue weighted by Gasteiger charge is 2.39. The van der Waals surface area contributed by atoms with E-state index in [0.717, 1.165) is 22.9 Å². The average Bonchev–Trinajstić information content (AvgIpc) is 3.37. The number of fused-ring (bicyclic) bond motifs is 11. The molecule has 5 unspecified atom stereocenters. The van der Waals surface area contributed by atoms with E-state index in [0.29, 0.717) is 11.3 Å². The van der Waals surface area contributed by atoms with E-state index < -0.39 is 36.0 Å². The summed E-state index contributed by atoms with van der Waals surface area (Å²) < 4.78 is 6.39. The van der Waals surface area contributed by atoms with E-state index >= 15 is 0 Å². The maximum atomic E-state index is 14.2. The second-order valence-electron chi connectivity index (χ2n) is 11.2. The summed E-state index contributed by atoms with van der Waals surface area (Å²) in [5.74, 6) is -0.721. The number of carbonyl (C=O) groups is 3. The fourth-order valence-electron chi connectivity index (χ4n) is 5.32. The Morgan fingerprint density at radius 2 is 1.73 bits per heavy atom. The van der Waals surface area contributed by atoms with Crippen molar-refractivity contribution in [2.24, 2.45) is 11.8 Å². The Morgan fingerprint density at radius 3 is 2.39 bits per heavy atom. The molecular weight excluding hydrogens is 518 g/mol. The maximum Gasteiger partial charge on any atom is 0.251 e. The Balaban J connectivity index is 1.79. The molecule has 2 aromatic carbocycles. The first-order chi connectivity index (χ1) is 19.6. The quantitative estimate of drug-likeness (QED) is 0.350. The van der Waals surface area contributed by atoms with Crippen LogP contribution in [0.15, 0.2) is 60.9 Å². The number of H-pyrrole nitrogens is 1. The molecule has 218 valence electrons. The molecule has 0 aliphatic carbocycles. The molecule has 4 N–H and O–H groups in total. The molecule has 0 fully saturated rings. The molecule has 3 aromatic rings.